The monoisotopic (exact) mass is 407 g/mol. The van der Waals surface area contributed by atoms with Gasteiger partial charge in [0.05, 0.1) is 25.4 Å². The van der Waals surface area contributed by atoms with Crippen molar-refractivity contribution in [2.45, 2.75) is 59.4 Å². The highest BCUT2D eigenvalue weighted by Crippen LogP contribution is 2.39. The van der Waals surface area contributed by atoms with Crippen LogP contribution in [0.15, 0.2) is 12.1 Å². The van der Waals surface area contributed by atoms with E-state index in [9.17, 15) is 9.59 Å². The van der Waals surface area contributed by atoms with Gasteiger partial charge < -0.3 is 24.3 Å². The number of rotatable bonds is 10. The highest BCUT2D eigenvalue weighted by Gasteiger charge is 2.24. The lowest BCUT2D eigenvalue weighted by Gasteiger charge is -2.29. The minimum Gasteiger partial charge on any atom is -0.490 e. The number of hydrogen-bond donors (Lipinski definition) is 1. The molecule has 1 aromatic rings. The summed E-state index contributed by atoms with van der Waals surface area (Å²) in [7, 11) is 0. The second-order valence-electron chi connectivity index (χ2n) is 7.11. The fourth-order valence-electron chi connectivity index (χ4n) is 3.50. The summed E-state index contributed by atoms with van der Waals surface area (Å²) in [6.45, 7) is 8.63. The third-order valence-corrected chi connectivity index (χ3v) is 4.94. The number of hydrogen-bond acceptors (Lipinski definition) is 6. The van der Waals surface area contributed by atoms with E-state index in [-0.39, 0.29) is 24.1 Å². The van der Waals surface area contributed by atoms with E-state index in [4.69, 9.17) is 18.9 Å². The Morgan fingerprint density at radius 2 is 1.55 bits per heavy atom. The van der Waals surface area contributed by atoms with Crippen LogP contribution in [0.2, 0.25) is 0 Å². The van der Waals surface area contributed by atoms with Gasteiger partial charge in [0.2, 0.25) is 5.75 Å². The second kappa shape index (κ2) is 11.5. The molecule has 1 amide bonds. The second-order valence-corrected chi connectivity index (χ2v) is 7.11. The molecule has 1 aliphatic rings. The van der Waals surface area contributed by atoms with Crippen LogP contribution in [0.25, 0.3) is 0 Å². The minimum absolute atomic E-state index is 0.148. The molecule has 1 N–H and O–H groups in total. The molecule has 2 atom stereocenters. The van der Waals surface area contributed by atoms with Crippen molar-refractivity contribution in [2.24, 2.45) is 5.92 Å². The summed E-state index contributed by atoms with van der Waals surface area (Å²) in [6, 6.07) is 3.26. The van der Waals surface area contributed by atoms with Crippen molar-refractivity contribution < 1.29 is 28.5 Å². The van der Waals surface area contributed by atoms with E-state index in [1.54, 1.807) is 12.1 Å². The van der Waals surface area contributed by atoms with Crippen molar-refractivity contribution in [2.75, 3.05) is 26.4 Å². The van der Waals surface area contributed by atoms with Gasteiger partial charge in [0, 0.05) is 6.04 Å². The number of nitrogens with one attached hydrogen (secondary N) is 1. The van der Waals surface area contributed by atoms with E-state index in [1.807, 2.05) is 20.8 Å². The standard InChI is InChI=1S/C22H33NO6/c1-5-26-18-12-16(13-19(27-6-2)21(18)28-7-3)22(25)29-14-20(24)23-17-11-9-8-10-15(17)4/h12-13,15,17H,5-11,14H2,1-4H3,(H,23,24). The molecule has 2 rings (SSSR count). The highest BCUT2D eigenvalue weighted by molar-refractivity contribution is 5.92. The summed E-state index contributed by atoms with van der Waals surface area (Å²) in [5, 5.41) is 2.98. The lowest BCUT2D eigenvalue weighted by molar-refractivity contribution is -0.125. The smallest absolute Gasteiger partial charge is 0.338 e. The quantitative estimate of drug-likeness (QED) is 0.595. The molecule has 2 unspecified atom stereocenters. The molecule has 29 heavy (non-hydrogen) atoms. The van der Waals surface area contributed by atoms with E-state index in [0.717, 1.165) is 19.3 Å². The molecule has 1 saturated carbocycles. The van der Waals surface area contributed by atoms with Crippen molar-refractivity contribution in [1.82, 2.24) is 5.32 Å². The summed E-state index contributed by atoms with van der Waals surface area (Å²) < 4.78 is 22.1. The van der Waals surface area contributed by atoms with Gasteiger partial charge in [-0.05, 0) is 51.7 Å². The third-order valence-electron chi connectivity index (χ3n) is 4.94. The minimum atomic E-state index is -0.609. The van der Waals surface area contributed by atoms with E-state index in [0.29, 0.717) is 43.0 Å². The Morgan fingerprint density at radius 3 is 2.10 bits per heavy atom. The van der Waals surface area contributed by atoms with E-state index in [2.05, 4.69) is 12.2 Å². The van der Waals surface area contributed by atoms with Crippen molar-refractivity contribution >= 4 is 11.9 Å². The zero-order chi connectivity index (χ0) is 21.2. The molecule has 162 valence electrons. The van der Waals surface area contributed by atoms with Crippen molar-refractivity contribution in [3.8, 4) is 17.2 Å². The first kappa shape index (κ1) is 22.8. The lowest BCUT2D eigenvalue weighted by atomic mass is 9.86. The number of amides is 1. The molecule has 1 aromatic carbocycles. The zero-order valence-corrected chi connectivity index (χ0v) is 17.9. The number of carbonyl (C=O) groups excluding carboxylic acids is 2. The molecular weight excluding hydrogens is 374 g/mol. The number of ether oxygens (including phenoxy) is 4. The average Bonchev–Trinajstić information content (AvgIpc) is 2.70. The van der Waals surface area contributed by atoms with Crippen LogP contribution in [0.3, 0.4) is 0 Å². The molecule has 0 aliphatic heterocycles. The normalized spacial score (nSPS) is 18.6. The van der Waals surface area contributed by atoms with Crippen LogP contribution in [0.4, 0.5) is 0 Å². The maximum Gasteiger partial charge on any atom is 0.338 e. The number of esters is 1. The van der Waals surface area contributed by atoms with Crippen LogP contribution < -0.4 is 19.5 Å². The summed E-state index contributed by atoms with van der Waals surface area (Å²) in [5.41, 5.74) is 0.249. The fraction of sp³-hybridized carbons (Fsp3) is 0.636. The first-order valence-corrected chi connectivity index (χ1v) is 10.5. The molecule has 0 saturated heterocycles. The molecule has 0 bridgehead atoms. The van der Waals surface area contributed by atoms with Gasteiger partial charge in [-0.15, -0.1) is 0 Å². The predicted molar refractivity (Wildman–Crippen MR) is 110 cm³/mol. The Morgan fingerprint density at radius 1 is 0.966 bits per heavy atom. The Balaban J connectivity index is 2.05. The van der Waals surface area contributed by atoms with Gasteiger partial charge in [0.15, 0.2) is 18.1 Å². The number of benzene rings is 1. The predicted octanol–water partition coefficient (Wildman–Crippen LogP) is 3.73. The first-order chi connectivity index (χ1) is 14.0. The molecule has 0 spiro atoms. The topological polar surface area (TPSA) is 83.1 Å². The fourth-order valence-corrected chi connectivity index (χ4v) is 3.50. The van der Waals surface area contributed by atoms with E-state index >= 15 is 0 Å². The highest BCUT2D eigenvalue weighted by atomic mass is 16.5. The maximum absolute atomic E-state index is 12.5. The summed E-state index contributed by atoms with van der Waals surface area (Å²) in [4.78, 5) is 24.7. The Bertz CT molecular complexity index is 663. The van der Waals surface area contributed by atoms with Crippen LogP contribution in [0, 0.1) is 5.92 Å². The molecule has 0 heterocycles. The Hall–Kier alpha value is -2.44. The Kier molecular flexibility index (Phi) is 9.09. The zero-order valence-electron chi connectivity index (χ0n) is 17.9. The largest absolute Gasteiger partial charge is 0.490 e. The van der Waals surface area contributed by atoms with Crippen molar-refractivity contribution in [3.05, 3.63) is 17.7 Å². The van der Waals surface area contributed by atoms with Crippen LogP contribution in [-0.2, 0) is 9.53 Å². The van der Waals surface area contributed by atoms with Gasteiger partial charge in [-0.2, -0.15) is 0 Å². The van der Waals surface area contributed by atoms with Gasteiger partial charge in [0.1, 0.15) is 0 Å². The summed E-state index contributed by atoms with van der Waals surface area (Å²) in [5.74, 6) is 0.828. The van der Waals surface area contributed by atoms with Crippen LogP contribution >= 0.6 is 0 Å². The van der Waals surface area contributed by atoms with Gasteiger partial charge in [-0.1, -0.05) is 19.8 Å². The summed E-state index contributed by atoms with van der Waals surface area (Å²) in [6.07, 6.45) is 4.39. The SMILES string of the molecule is CCOc1cc(C(=O)OCC(=O)NC2CCCCC2C)cc(OCC)c1OCC. The van der Waals surface area contributed by atoms with E-state index in [1.165, 1.54) is 6.42 Å². The third kappa shape index (κ3) is 6.54. The van der Waals surface area contributed by atoms with Crippen LogP contribution in [-0.4, -0.2) is 44.3 Å². The van der Waals surface area contributed by atoms with Gasteiger partial charge in [0.25, 0.3) is 5.91 Å². The van der Waals surface area contributed by atoms with Crippen LogP contribution in [0.5, 0.6) is 17.2 Å². The molecule has 1 fully saturated rings. The first-order valence-electron chi connectivity index (χ1n) is 10.5. The number of carbonyl (C=O) groups is 2. The lowest BCUT2D eigenvalue weighted by Crippen LogP contribution is -2.42. The van der Waals surface area contributed by atoms with Crippen LogP contribution in [0.1, 0.15) is 63.7 Å². The van der Waals surface area contributed by atoms with Crippen molar-refractivity contribution in [3.63, 3.8) is 0 Å². The maximum atomic E-state index is 12.5. The van der Waals surface area contributed by atoms with Gasteiger partial charge in [-0.25, -0.2) is 4.79 Å². The van der Waals surface area contributed by atoms with Crippen molar-refractivity contribution in [1.29, 1.82) is 0 Å². The molecule has 1 aliphatic carbocycles. The molecule has 7 nitrogen and oxygen atoms in total. The Labute approximate surface area is 173 Å². The molecule has 0 aromatic heterocycles. The van der Waals surface area contributed by atoms with Gasteiger partial charge >= 0.3 is 5.97 Å². The van der Waals surface area contributed by atoms with Gasteiger partial charge in [-0.3, -0.25) is 4.79 Å². The molecule has 7 heteroatoms. The molecule has 0 radical (unpaired) electrons. The van der Waals surface area contributed by atoms with E-state index < -0.39 is 5.97 Å². The summed E-state index contributed by atoms with van der Waals surface area (Å²) >= 11 is 0. The molecular formula is C22H33NO6. The average molecular weight is 408 g/mol.